The molecule has 3 aromatic rings. The molecule has 0 amide bonds. The maximum absolute atomic E-state index is 10.1. The van der Waals surface area contributed by atoms with Crippen molar-refractivity contribution in [2.45, 2.75) is 74.7 Å². The smallest absolute Gasteiger partial charge is 0.219 e. The number of nitrogens with zero attached hydrogens (tertiary/aromatic N) is 6. The molecule has 0 radical (unpaired) electrons. The summed E-state index contributed by atoms with van der Waals surface area (Å²) in [6.07, 6.45) is 5.23. The molecule has 0 saturated carbocycles. The van der Waals surface area contributed by atoms with E-state index in [2.05, 4.69) is 46.4 Å². The van der Waals surface area contributed by atoms with Gasteiger partial charge in [0.1, 0.15) is 18.0 Å². The number of piperazine rings is 1. The number of methoxy groups -OCH3 is 1. The van der Waals surface area contributed by atoms with E-state index in [4.69, 9.17) is 34.4 Å². The van der Waals surface area contributed by atoms with Crippen LogP contribution in [-0.2, 0) is 27.7 Å². The molecule has 5 heterocycles. The lowest BCUT2D eigenvalue weighted by Crippen LogP contribution is -2.70. The van der Waals surface area contributed by atoms with Crippen molar-refractivity contribution in [1.82, 2.24) is 25.3 Å². The van der Waals surface area contributed by atoms with E-state index in [1.807, 2.05) is 12.1 Å². The van der Waals surface area contributed by atoms with Crippen molar-refractivity contribution in [2.75, 3.05) is 64.2 Å². The highest BCUT2D eigenvalue weighted by Crippen LogP contribution is 2.54. The van der Waals surface area contributed by atoms with Gasteiger partial charge in [0.15, 0.2) is 17.3 Å². The summed E-state index contributed by atoms with van der Waals surface area (Å²) in [5.41, 5.74) is 10.7. The Morgan fingerprint density at radius 1 is 1.20 bits per heavy atom. The van der Waals surface area contributed by atoms with Gasteiger partial charge >= 0.3 is 0 Å². The minimum absolute atomic E-state index is 0.0640. The van der Waals surface area contributed by atoms with Crippen molar-refractivity contribution in [2.24, 2.45) is 0 Å². The molecule has 12 heteroatoms. The highest BCUT2D eigenvalue weighted by Gasteiger charge is 2.49. The van der Waals surface area contributed by atoms with E-state index >= 15 is 0 Å². The molecule has 46 heavy (non-hydrogen) atoms. The third kappa shape index (κ3) is 4.59. The van der Waals surface area contributed by atoms with Crippen molar-refractivity contribution < 1.29 is 18.7 Å². The minimum Gasteiger partial charge on any atom is -0.473 e. The van der Waals surface area contributed by atoms with Crippen LogP contribution in [0, 0.1) is 11.3 Å². The normalized spacial score (nSPS) is 27.3. The Morgan fingerprint density at radius 3 is 2.85 bits per heavy atom. The Bertz CT molecular complexity index is 1700. The average molecular weight is 627 g/mol. The average Bonchev–Trinajstić information content (AvgIpc) is 3.76. The molecule has 2 spiro atoms. The van der Waals surface area contributed by atoms with Crippen molar-refractivity contribution >= 4 is 11.5 Å². The summed E-state index contributed by atoms with van der Waals surface area (Å²) in [5.74, 6) is 2.63. The van der Waals surface area contributed by atoms with Crippen LogP contribution in [0.4, 0.5) is 11.5 Å². The van der Waals surface area contributed by atoms with Gasteiger partial charge in [-0.3, -0.25) is 4.90 Å². The van der Waals surface area contributed by atoms with Gasteiger partial charge in [-0.25, -0.2) is 4.98 Å². The highest BCUT2D eigenvalue weighted by atomic mass is 16.5. The van der Waals surface area contributed by atoms with Crippen LogP contribution in [0.3, 0.4) is 0 Å². The molecule has 3 saturated heterocycles. The number of hydrogen-bond donors (Lipinski definition) is 2. The Kier molecular flexibility index (Phi) is 7.21. The molecule has 0 bridgehead atoms. The summed E-state index contributed by atoms with van der Waals surface area (Å²) in [6, 6.07) is 8.37. The number of likely N-dealkylation sites (N-methyl/N-ethyl adjacent to an activating group) is 1. The number of benzene rings is 1. The van der Waals surface area contributed by atoms with E-state index in [0.717, 1.165) is 87.4 Å². The molecule has 3 N–H and O–H groups in total. The molecule has 1 aromatic carbocycles. The number of anilines is 2. The summed E-state index contributed by atoms with van der Waals surface area (Å²) in [5, 5.41) is 18.4. The van der Waals surface area contributed by atoms with Crippen molar-refractivity contribution in [3.8, 4) is 23.5 Å². The van der Waals surface area contributed by atoms with Crippen molar-refractivity contribution in [1.29, 1.82) is 5.26 Å². The van der Waals surface area contributed by atoms with E-state index < -0.39 is 5.41 Å². The molecule has 5 aliphatic rings. The molecular formula is C34H42N8O4. The number of nitrogens with two attached hydrogens (primary N) is 1. The second kappa shape index (κ2) is 11.2. The van der Waals surface area contributed by atoms with E-state index in [1.165, 1.54) is 5.56 Å². The van der Waals surface area contributed by atoms with Crippen LogP contribution in [-0.4, -0.2) is 97.4 Å². The number of aromatic nitrogens is 3. The third-order valence-electron chi connectivity index (χ3n) is 11.1. The van der Waals surface area contributed by atoms with Crippen LogP contribution in [0.2, 0.25) is 0 Å². The quantitative estimate of drug-likeness (QED) is 0.388. The Morgan fingerprint density at radius 2 is 2.07 bits per heavy atom. The fourth-order valence-corrected chi connectivity index (χ4v) is 8.81. The molecule has 4 unspecified atom stereocenters. The van der Waals surface area contributed by atoms with Gasteiger partial charge in [0.05, 0.1) is 41.9 Å². The molecule has 3 aliphatic heterocycles. The summed E-state index contributed by atoms with van der Waals surface area (Å²) in [4.78, 5) is 14.7. The number of nitrogen functional groups attached to an aromatic ring is 1. The van der Waals surface area contributed by atoms with E-state index in [9.17, 15) is 5.26 Å². The number of aryl methyl sites for hydroxylation is 1. The van der Waals surface area contributed by atoms with E-state index in [-0.39, 0.29) is 23.8 Å². The zero-order chi connectivity index (χ0) is 31.6. The maximum atomic E-state index is 10.1. The maximum Gasteiger partial charge on any atom is 0.219 e. The first-order chi connectivity index (χ1) is 22.3. The summed E-state index contributed by atoms with van der Waals surface area (Å²) in [6.45, 7) is 6.83. The fraction of sp³-hybridized carbons (Fsp3) is 0.588. The van der Waals surface area contributed by atoms with Gasteiger partial charge < -0.3 is 34.7 Å². The Labute approximate surface area is 269 Å². The first-order valence-electron chi connectivity index (χ1n) is 16.5. The van der Waals surface area contributed by atoms with Gasteiger partial charge in [0.25, 0.3) is 0 Å². The van der Waals surface area contributed by atoms with E-state index in [0.29, 0.717) is 41.9 Å². The van der Waals surface area contributed by atoms with Gasteiger partial charge in [-0.1, -0.05) is 11.2 Å². The van der Waals surface area contributed by atoms with Crippen LogP contribution in [0.25, 0.3) is 11.5 Å². The molecule has 4 atom stereocenters. The Hall–Kier alpha value is -3.76. The highest BCUT2D eigenvalue weighted by molar-refractivity contribution is 5.68. The van der Waals surface area contributed by atoms with Crippen LogP contribution < -0.4 is 20.7 Å². The number of likely N-dealkylation sites (tertiary alicyclic amines) is 1. The van der Waals surface area contributed by atoms with Crippen LogP contribution in [0.5, 0.6) is 5.88 Å². The molecular weight excluding hydrogens is 584 g/mol. The zero-order valence-corrected chi connectivity index (χ0v) is 26.8. The predicted molar refractivity (Wildman–Crippen MR) is 171 cm³/mol. The molecule has 2 aromatic heterocycles. The molecule has 12 nitrogen and oxygen atoms in total. The topological polar surface area (TPSA) is 148 Å². The zero-order valence-electron chi connectivity index (χ0n) is 26.8. The summed E-state index contributed by atoms with van der Waals surface area (Å²) < 4.78 is 24.3. The Balaban J connectivity index is 1.20. The summed E-state index contributed by atoms with van der Waals surface area (Å²) in [7, 11) is 3.89. The first kappa shape index (κ1) is 29.6. The van der Waals surface area contributed by atoms with Crippen molar-refractivity contribution in [3.63, 3.8) is 0 Å². The standard InChI is InChI=1S/C34H42N8O4/c1-20(30-25(43-3)9-13-41(30)2)45-27-15-26(42-14-12-37-33(17-42)18-44-19-33)38-32(39-27)29-22-5-4-10-34(31(22)46-40-29)11-8-21-6-7-24(36)23(16-35)28(21)34/h6-7,15,20,25,30,37H,4-5,8-14,17-19,36H2,1-3H3. The van der Waals surface area contributed by atoms with E-state index in [1.54, 1.807) is 7.11 Å². The van der Waals surface area contributed by atoms with Crippen LogP contribution in [0.15, 0.2) is 22.7 Å². The van der Waals surface area contributed by atoms with Crippen LogP contribution >= 0.6 is 0 Å². The molecule has 3 fully saturated rings. The third-order valence-corrected chi connectivity index (χ3v) is 11.1. The number of ether oxygens (including phenoxy) is 3. The van der Waals surface area contributed by atoms with Gasteiger partial charge in [0.2, 0.25) is 5.88 Å². The van der Waals surface area contributed by atoms with Gasteiger partial charge in [0, 0.05) is 50.6 Å². The SMILES string of the molecule is COC1CCN(C)C1C(C)Oc1cc(N2CCNC3(COC3)C2)nc(-c2noc3c2CCCC32CCc3ccc(N)c(C#N)c32)n1. The minimum atomic E-state index is -0.433. The lowest BCUT2D eigenvalue weighted by atomic mass is 9.68. The summed E-state index contributed by atoms with van der Waals surface area (Å²) >= 11 is 0. The number of hydrogen-bond acceptors (Lipinski definition) is 12. The van der Waals surface area contributed by atoms with Gasteiger partial charge in [-0.2, -0.15) is 10.2 Å². The van der Waals surface area contributed by atoms with Crippen LogP contribution in [0.1, 0.15) is 60.6 Å². The monoisotopic (exact) mass is 626 g/mol. The number of fused-ring (bicyclic) bond motifs is 4. The van der Waals surface area contributed by atoms with Crippen molar-refractivity contribution in [3.05, 3.63) is 46.2 Å². The van der Waals surface area contributed by atoms with Gasteiger partial charge in [-0.15, -0.1) is 0 Å². The second-order valence-corrected chi connectivity index (χ2v) is 13.8. The number of nitriles is 1. The second-order valence-electron chi connectivity index (χ2n) is 13.8. The molecule has 2 aliphatic carbocycles. The van der Waals surface area contributed by atoms with Gasteiger partial charge in [-0.05, 0) is 69.7 Å². The molecule has 8 rings (SSSR count). The predicted octanol–water partition coefficient (Wildman–Crippen LogP) is 2.82. The largest absolute Gasteiger partial charge is 0.473 e. The number of rotatable bonds is 6. The first-order valence-corrected chi connectivity index (χ1v) is 16.5. The molecule has 242 valence electrons. The lowest BCUT2D eigenvalue weighted by Gasteiger charge is -2.49. The fourth-order valence-electron chi connectivity index (χ4n) is 8.81. The number of nitrogens with one attached hydrogen (secondary N) is 1. The lowest BCUT2D eigenvalue weighted by molar-refractivity contribution is -0.0743.